The summed E-state index contributed by atoms with van der Waals surface area (Å²) >= 11 is 0. The van der Waals surface area contributed by atoms with Crippen LogP contribution in [0, 0.1) is 5.92 Å². The summed E-state index contributed by atoms with van der Waals surface area (Å²) in [5, 5.41) is 10.9. The van der Waals surface area contributed by atoms with Gasteiger partial charge in [-0.15, -0.1) is 0 Å². The molecule has 104 valence electrons. The Kier molecular flexibility index (Phi) is 3.27. The van der Waals surface area contributed by atoms with Crippen molar-refractivity contribution in [2.24, 2.45) is 5.92 Å². The number of aliphatic hydroxyl groups is 1. The Balaban J connectivity index is 1.79. The fraction of sp³-hybridized carbons (Fsp3) is 0.333. The molecule has 0 radical (unpaired) electrons. The maximum Gasteiger partial charge on any atom is 0.118 e. The minimum absolute atomic E-state index is 0.290. The second kappa shape index (κ2) is 4.95. The molecular formula is C18H20O2. The highest BCUT2D eigenvalue weighted by Gasteiger charge is 2.50. The van der Waals surface area contributed by atoms with Gasteiger partial charge in [-0.05, 0) is 48.4 Å². The van der Waals surface area contributed by atoms with Crippen molar-refractivity contribution in [3.05, 3.63) is 65.7 Å². The third-order valence-electron chi connectivity index (χ3n) is 4.41. The van der Waals surface area contributed by atoms with Crippen LogP contribution in [0.25, 0.3) is 0 Å². The van der Waals surface area contributed by atoms with Crippen molar-refractivity contribution in [3.63, 3.8) is 0 Å². The Bertz CT molecular complexity index is 572. The standard InChI is InChI=1S/C18H20O2/c1-18(19,14-8-10-15(20-2)11-9-14)17-12-16(17)13-6-4-3-5-7-13/h3-11,16-17,19H,12H2,1-2H3. The maximum absolute atomic E-state index is 10.9. The molecule has 2 nitrogen and oxygen atoms in total. The highest BCUT2D eigenvalue weighted by molar-refractivity contribution is 5.35. The van der Waals surface area contributed by atoms with Gasteiger partial charge < -0.3 is 9.84 Å². The second-order valence-electron chi connectivity index (χ2n) is 5.74. The van der Waals surface area contributed by atoms with Crippen molar-refractivity contribution in [3.8, 4) is 5.75 Å². The Morgan fingerprint density at radius 1 is 1.05 bits per heavy atom. The van der Waals surface area contributed by atoms with Gasteiger partial charge in [0.1, 0.15) is 5.75 Å². The molecule has 3 atom stereocenters. The summed E-state index contributed by atoms with van der Waals surface area (Å²) in [6.45, 7) is 1.92. The SMILES string of the molecule is COc1ccc(C(C)(O)C2CC2c2ccccc2)cc1. The maximum atomic E-state index is 10.9. The van der Waals surface area contributed by atoms with E-state index in [2.05, 4.69) is 24.3 Å². The Labute approximate surface area is 120 Å². The molecule has 0 spiro atoms. The van der Waals surface area contributed by atoms with Crippen molar-refractivity contribution >= 4 is 0 Å². The van der Waals surface area contributed by atoms with Gasteiger partial charge in [-0.1, -0.05) is 42.5 Å². The lowest BCUT2D eigenvalue weighted by atomic mass is 9.88. The molecule has 1 aliphatic rings. The molecule has 1 fully saturated rings. The number of ether oxygens (including phenoxy) is 1. The van der Waals surface area contributed by atoms with Gasteiger partial charge in [-0.25, -0.2) is 0 Å². The first kappa shape index (κ1) is 13.2. The fourth-order valence-corrected chi connectivity index (χ4v) is 3.03. The predicted molar refractivity (Wildman–Crippen MR) is 79.9 cm³/mol. The van der Waals surface area contributed by atoms with Crippen molar-refractivity contribution in [2.75, 3.05) is 7.11 Å². The number of methoxy groups -OCH3 is 1. The van der Waals surface area contributed by atoms with Crippen molar-refractivity contribution in [2.45, 2.75) is 24.9 Å². The van der Waals surface area contributed by atoms with E-state index in [0.717, 1.165) is 17.7 Å². The van der Waals surface area contributed by atoms with Gasteiger partial charge >= 0.3 is 0 Å². The normalized spacial score (nSPS) is 23.9. The van der Waals surface area contributed by atoms with Gasteiger partial charge in [0.05, 0.1) is 12.7 Å². The van der Waals surface area contributed by atoms with Crippen LogP contribution in [-0.2, 0) is 5.60 Å². The summed E-state index contributed by atoms with van der Waals surface area (Å²) in [4.78, 5) is 0. The molecular weight excluding hydrogens is 248 g/mol. The minimum Gasteiger partial charge on any atom is -0.497 e. The molecule has 1 aliphatic carbocycles. The van der Waals surface area contributed by atoms with Crippen LogP contribution in [0.1, 0.15) is 30.4 Å². The molecule has 0 aliphatic heterocycles. The van der Waals surface area contributed by atoms with E-state index >= 15 is 0 Å². The zero-order valence-electron chi connectivity index (χ0n) is 11.9. The average molecular weight is 268 g/mol. The van der Waals surface area contributed by atoms with E-state index in [1.165, 1.54) is 5.56 Å². The molecule has 0 aromatic heterocycles. The molecule has 0 amide bonds. The number of rotatable bonds is 4. The summed E-state index contributed by atoms with van der Waals surface area (Å²) in [5.74, 6) is 1.58. The Morgan fingerprint density at radius 2 is 1.70 bits per heavy atom. The molecule has 2 aromatic carbocycles. The molecule has 0 heterocycles. The van der Waals surface area contributed by atoms with Crippen molar-refractivity contribution < 1.29 is 9.84 Å². The first-order valence-corrected chi connectivity index (χ1v) is 7.05. The largest absolute Gasteiger partial charge is 0.497 e. The fourth-order valence-electron chi connectivity index (χ4n) is 3.03. The van der Waals surface area contributed by atoms with Gasteiger partial charge in [0.25, 0.3) is 0 Å². The van der Waals surface area contributed by atoms with Crippen LogP contribution in [-0.4, -0.2) is 12.2 Å². The molecule has 1 N–H and O–H groups in total. The summed E-state index contributed by atoms with van der Waals surface area (Å²) < 4.78 is 5.17. The first-order chi connectivity index (χ1) is 9.63. The highest BCUT2D eigenvalue weighted by atomic mass is 16.5. The average Bonchev–Trinajstić information content (AvgIpc) is 3.29. The summed E-state index contributed by atoms with van der Waals surface area (Å²) in [6.07, 6.45) is 1.04. The minimum atomic E-state index is -0.785. The molecule has 3 unspecified atom stereocenters. The van der Waals surface area contributed by atoms with Crippen LogP contribution in [0.4, 0.5) is 0 Å². The molecule has 3 rings (SSSR count). The van der Waals surface area contributed by atoms with E-state index in [4.69, 9.17) is 4.74 Å². The highest BCUT2D eigenvalue weighted by Crippen LogP contribution is 2.56. The van der Waals surface area contributed by atoms with Crippen LogP contribution >= 0.6 is 0 Å². The van der Waals surface area contributed by atoms with Crippen molar-refractivity contribution in [1.29, 1.82) is 0 Å². The molecule has 2 aromatic rings. The van der Waals surface area contributed by atoms with Gasteiger partial charge in [0.15, 0.2) is 0 Å². The third kappa shape index (κ3) is 2.32. The van der Waals surface area contributed by atoms with E-state index in [9.17, 15) is 5.11 Å². The van der Waals surface area contributed by atoms with Crippen molar-refractivity contribution in [1.82, 2.24) is 0 Å². The van der Waals surface area contributed by atoms with Gasteiger partial charge in [-0.2, -0.15) is 0 Å². The van der Waals surface area contributed by atoms with Crippen LogP contribution in [0.5, 0.6) is 5.75 Å². The molecule has 1 saturated carbocycles. The van der Waals surface area contributed by atoms with Crippen LogP contribution in [0.15, 0.2) is 54.6 Å². The van der Waals surface area contributed by atoms with Gasteiger partial charge in [-0.3, -0.25) is 0 Å². The van der Waals surface area contributed by atoms with E-state index < -0.39 is 5.60 Å². The Morgan fingerprint density at radius 3 is 2.30 bits per heavy atom. The van der Waals surface area contributed by atoms with Gasteiger partial charge in [0, 0.05) is 0 Å². The van der Waals surface area contributed by atoms with Crippen LogP contribution < -0.4 is 4.74 Å². The second-order valence-corrected chi connectivity index (χ2v) is 5.74. The predicted octanol–water partition coefficient (Wildman–Crippen LogP) is 3.71. The zero-order valence-corrected chi connectivity index (χ0v) is 11.9. The molecule has 20 heavy (non-hydrogen) atoms. The van der Waals surface area contributed by atoms with Crippen LogP contribution in [0.2, 0.25) is 0 Å². The topological polar surface area (TPSA) is 29.5 Å². The lowest BCUT2D eigenvalue weighted by Crippen LogP contribution is -2.24. The summed E-state index contributed by atoms with van der Waals surface area (Å²) in [5.41, 5.74) is 1.50. The summed E-state index contributed by atoms with van der Waals surface area (Å²) in [7, 11) is 1.65. The molecule has 0 bridgehead atoms. The third-order valence-corrected chi connectivity index (χ3v) is 4.41. The van der Waals surface area contributed by atoms with Crippen LogP contribution in [0.3, 0.4) is 0 Å². The molecule has 0 saturated heterocycles. The molecule has 2 heteroatoms. The number of hydrogen-bond acceptors (Lipinski definition) is 2. The number of benzene rings is 2. The quantitative estimate of drug-likeness (QED) is 0.916. The zero-order chi connectivity index (χ0) is 14.2. The lowest BCUT2D eigenvalue weighted by molar-refractivity contribution is 0.0308. The smallest absolute Gasteiger partial charge is 0.118 e. The van der Waals surface area contributed by atoms with E-state index in [-0.39, 0.29) is 0 Å². The first-order valence-electron chi connectivity index (χ1n) is 7.05. The van der Waals surface area contributed by atoms with E-state index in [1.807, 2.05) is 37.3 Å². The van der Waals surface area contributed by atoms with E-state index in [1.54, 1.807) is 7.11 Å². The monoisotopic (exact) mass is 268 g/mol. The summed E-state index contributed by atoms with van der Waals surface area (Å²) in [6, 6.07) is 18.2. The lowest BCUT2D eigenvalue weighted by Gasteiger charge is -2.24. The van der Waals surface area contributed by atoms with Gasteiger partial charge in [0.2, 0.25) is 0 Å². The van der Waals surface area contributed by atoms with E-state index in [0.29, 0.717) is 11.8 Å². The number of hydrogen-bond donors (Lipinski definition) is 1. The Hall–Kier alpha value is -1.80.